The van der Waals surface area contributed by atoms with Crippen molar-refractivity contribution in [2.45, 2.75) is 6.92 Å². The molecular formula is C16H14ClNO. The van der Waals surface area contributed by atoms with Gasteiger partial charge in [0, 0.05) is 16.3 Å². The van der Waals surface area contributed by atoms with Gasteiger partial charge in [-0.05, 0) is 42.8 Å². The summed E-state index contributed by atoms with van der Waals surface area (Å²) in [5, 5.41) is 3.47. The smallest absolute Gasteiger partial charge is 0.251 e. The van der Waals surface area contributed by atoms with Crippen LogP contribution in [0.5, 0.6) is 0 Å². The van der Waals surface area contributed by atoms with Crippen molar-refractivity contribution in [2.24, 2.45) is 0 Å². The highest BCUT2D eigenvalue weighted by Gasteiger charge is 2.04. The lowest BCUT2D eigenvalue weighted by atomic mass is 10.1. The largest absolute Gasteiger partial charge is 0.322 e. The minimum Gasteiger partial charge on any atom is -0.322 e. The van der Waals surface area contributed by atoms with Crippen LogP contribution in [-0.4, -0.2) is 5.91 Å². The molecule has 2 aromatic rings. The van der Waals surface area contributed by atoms with Gasteiger partial charge in [0.15, 0.2) is 0 Å². The number of nitrogens with one attached hydrogen (secondary N) is 1. The molecule has 3 heteroatoms. The van der Waals surface area contributed by atoms with Crippen molar-refractivity contribution in [3.63, 3.8) is 0 Å². The number of carbonyl (C=O) groups excluding carboxylic acids is 1. The number of amides is 1. The normalized spacial score (nSPS) is 11.2. The lowest BCUT2D eigenvalue weighted by Gasteiger charge is -2.05. The molecule has 0 unspecified atom stereocenters. The maximum Gasteiger partial charge on any atom is 0.251 e. The zero-order valence-electron chi connectivity index (χ0n) is 10.6. The molecule has 0 aliphatic heterocycles. The fraction of sp³-hybridized carbons (Fsp3) is 0.0625. The molecule has 0 fully saturated rings. The van der Waals surface area contributed by atoms with Gasteiger partial charge in [-0.25, -0.2) is 0 Å². The van der Waals surface area contributed by atoms with Crippen LogP contribution in [0.3, 0.4) is 0 Å². The van der Waals surface area contributed by atoms with Gasteiger partial charge in [0.1, 0.15) is 0 Å². The molecule has 0 saturated carbocycles. The van der Waals surface area contributed by atoms with Gasteiger partial charge < -0.3 is 5.32 Å². The summed E-state index contributed by atoms with van der Waals surface area (Å²) in [5.41, 5.74) is 2.39. The van der Waals surface area contributed by atoms with Crippen molar-refractivity contribution < 1.29 is 4.79 Å². The van der Waals surface area contributed by atoms with Crippen LogP contribution < -0.4 is 5.32 Å². The van der Waals surface area contributed by atoms with Crippen LogP contribution >= 0.6 is 11.6 Å². The molecule has 2 rings (SSSR count). The topological polar surface area (TPSA) is 29.1 Å². The average Bonchev–Trinajstić information content (AvgIpc) is 2.42. The fourth-order valence-corrected chi connectivity index (χ4v) is 1.75. The third kappa shape index (κ3) is 3.97. The summed E-state index contributed by atoms with van der Waals surface area (Å²) in [6.07, 6.45) is 1.85. The third-order valence-electron chi connectivity index (χ3n) is 2.64. The standard InChI is InChI=1S/C16H14ClNO/c1-12(11-13-5-3-2-4-6-13)16(19)18-15-9-7-14(17)8-10-15/h2-11H,1H3,(H,18,19)/b12-11+. The maximum absolute atomic E-state index is 12.0. The monoisotopic (exact) mass is 271 g/mol. The van der Waals surface area contributed by atoms with Crippen LogP contribution in [0.4, 0.5) is 5.69 Å². The van der Waals surface area contributed by atoms with Gasteiger partial charge in [-0.15, -0.1) is 0 Å². The number of carbonyl (C=O) groups is 1. The Labute approximate surface area is 117 Å². The second kappa shape index (κ2) is 6.21. The van der Waals surface area contributed by atoms with Crippen LogP contribution in [0, 0.1) is 0 Å². The Kier molecular flexibility index (Phi) is 4.37. The minimum absolute atomic E-state index is 0.119. The van der Waals surface area contributed by atoms with Crippen molar-refractivity contribution >= 4 is 29.3 Å². The Morgan fingerprint density at radius 2 is 1.68 bits per heavy atom. The molecule has 0 radical (unpaired) electrons. The quantitative estimate of drug-likeness (QED) is 0.825. The zero-order chi connectivity index (χ0) is 13.7. The number of benzene rings is 2. The summed E-state index contributed by atoms with van der Waals surface area (Å²) >= 11 is 5.79. The first kappa shape index (κ1) is 13.4. The first-order valence-electron chi connectivity index (χ1n) is 5.95. The first-order valence-corrected chi connectivity index (χ1v) is 6.33. The summed E-state index contributed by atoms with van der Waals surface area (Å²) in [7, 11) is 0. The fourth-order valence-electron chi connectivity index (χ4n) is 1.63. The van der Waals surface area contributed by atoms with Gasteiger partial charge >= 0.3 is 0 Å². The van der Waals surface area contributed by atoms with Crippen molar-refractivity contribution in [1.82, 2.24) is 0 Å². The highest BCUT2D eigenvalue weighted by Crippen LogP contribution is 2.15. The molecule has 96 valence electrons. The third-order valence-corrected chi connectivity index (χ3v) is 2.89. The first-order chi connectivity index (χ1) is 9.15. The molecule has 0 saturated heterocycles. The van der Waals surface area contributed by atoms with E-state index >= 15 is 0 Å². The summed E-state index contributed by atoms with van der Waals surface area (Å²) in [4.78, 5) is 12.0. The molecule has 19 heavy (non-hydrogen) atoms. The number of anilines is 1. The van der Waals surface area contributed by atoms with Crippen LogP contribution in [0.15, 0.2) is 60.2 Å². The Balaban J connectivity index is 2.07. The van der Waals surface area contributed by atoms with Crippen molar-refractivity contribution in [1.29, 1.82) is 0 Å². The number of rotatable bonds is 3. The van der Waals surface area contributed by atoms with Crippen LogP contribution in [0.25, 0.3) is 6.08 Å². The predicted molar refractivity (Wildman–Crippen MR) is 80.2 cm³/mol. The number of halogens is 1. The van der Waals surface area contributed by atoms with Gasteiger partial charge in [0.2, 0.25) is 0 Å². The van der Waals surface area contributed by atoms with E-state index in [0.717, 1.165) is 11.3 Å². The van der Waals surface area contributed by atoms with E-state index in [1.807, 2.05) is 36.4 Å². The van der Waals surface area contributed by atoms with E-state index < -0.39 is 0 Å². The van der Waals surface area contributed by atoms with Gasteiger partial charge in [-0.1, -0.05) is 41.9 Å². The number of hydrogen-bond acceptors (Lipinski definition) is 1. The highest BCUT2D eigenvalue weighted by atomic mass is 35.5. The van der Waals surface area contributed by atoms with Gasteiger partial charge in [0.05, 0.1) is 0 Å². The predicted octanol–water partition coefficient (Wildman–Crippen LogP) is 4.38. The second-order valence-electron chi connectivity index (χ2n) is 4.20. The lowest BCUT2D eigenvalue weighted by Crippen LogP contribution is -2.12. The highest BCUT2D eigenvalue weighted by molar-refractivity contribution is 6.30. The molecule has 0 aliphatic carbocycles. The lowest BCUT2D eigenvalue weighted by molar-refractivity contribution is -0.112. The molecule has 1 N–H and O–H groups in total. The molecule has 0 aliphatic rings. The van der Waals surface area contributed by atoms with E-state index in [2.05, 4.69) is 5.32 Å². The molecular weight excluding hydrogens is 258 g/mol. The molecule has 0 heterocycles. The van der Waals surface area contributed by atoms with E-state index in [9.17, 15) is 4.79 Å². The minimum atomic E-state index is -0.119. The van der Waals surface area contributed by atoms with E-state index in [-0.39, 0.29) is 5.91 Å². The van der Waals surface area contributed by atoms with Crippen LogP contribution in [0.1, 0.15) is 12.5 Å². The summed E-state index contributed by atoms with van der Waals surface area (Å²) in [6, 6.07) is 16.8. The Morgan fingerprint density at radius 1 is 1.05 bits per heavy atom. The van der Waals surface area contributed by atoms with Gasteiger partial charge in [0.25, 0.3) is 5.91 Å². The van der Waals surface area contributed by atoms with Crippen molar-refractivity contribution in [2.75, 3.05) is 5.32 Å². The molecule has 2 aromatic carbocycles. The zero-order valence-corrected chi connectivity index (χ0v) is 11.3. The Morgan fingerprint density at radius 3 is 2.32 bits per heavy atom. The molecule has 1 amide bonds. The van der Waals surface area contributed by atoms with Gasteiger partial charge in [-0.2, -0.15) is 0 Å². The maximum atomic E-state index is 12.0. The Hall–Kier alpha value is -2.06. The second-order valence-corrected chi connectivity index (χ2v) is 4.64. The van der Waals surface area contributed by atoms with E-state index in [1.165, 1.54) is 0 Å². The van der Waals surface area contributed by atoms with Crippen LogP contribution in [0.2, 0.25) is 5.02 Å². The summed E-state index contributed by atoms with van der Waals surface area (Å²) in [6.45, 7) is 1.79. The average molecular weight is 272 g/mol. The molecule has 0 spiro atoms. The van der Waals surface area contributed by atoms with Crippen molar-refractivity contribution in [3.05, 3.63) is 70.8 Å². The van der Waals surface area contributed by atoms with Crippen molar-refractivity contribution in [3.8, 4) is 0 Å². The van der Waals surface area contributed by atoms with Gasteiger partial charge in [-0.3, -0.25) is 4.79 Å². The summed E-state index contributed by atoms with van der Waals surface area (Å²) < 4.78 is 0. The Bertz CT molecular complexity index is 588. The number of hydrogen-bond donors (Lipinski definition) is 1. The summed E-state index contributed by atoms with van der Waals surface area (Å²) in [5.74, 6) is -0.119. The molecule has 2 nitrogen and oxygen atoms in total. The molecule has 0 bridgehead atoms. The van der Waals surface area contributed by atoms with E-state index in [1.54, 1.807) is 31.2 Å². The van der Waals surface area contributed by atoms with Crippen LogP contribution in [-0.2, 0) is 4.79 Å². The SMILES string of the molecule is C/C(=C\c1ccccc1)C(=O)Nc1ccc(Cl)cc1. The van der Waals surface area contributed by atoms with E-state index in [0.29, 0.717) is 10.6 Å². The molecule has 0 atom stereocenters. The van der Waals surface area contributed by atoms with E-state index in [4.69, 9.17) is 11.6 Å². The molecule has 0 aromatic heterocycles.